The predicted molar refractivity (Wildman–Crippen MR) is 69.9 cm³/mol. The van der Waals surface area contributed by atoms with Gasteiger partial charge < -0.3 is 4.74 Å². The summed E-state index contributed by atoms with van der Waals surface area (Å²) in [6, 6.07) is 6.07. The van der Waals surface area contributed by atoms with E-state index in [4.69, 9.17) is 16.3 Å². The molecule has 0 N–H and O–H groups in total. The van der Waals surface area contributed by atoms with E-state index in [1.54, 1.807) is 0 Å². The highest BCUT2D eigenvalue weighted by Crippen LogP contribution is 2.22. The topological polar surface area (TPSA) is 12.5 Å². The number of halogens is 2. The second-order valence-electron chi connectivity index (χ2n) is 3.98. The normalized spacial score (nSPS) is 18.4. The lowest BCUT2D eigenvalue weighted by molar-refractivity contribution is 0.140. The van der Waals surface area contributed by atoms with Crippen molar-refractivity contribution in [2.45, 2.75) is 13.0 Å². The molecular weight excluding hydrogens is 289 g/mol. The van der Waals surface area contributed by atoms with E-state index < -0.39 is 0 Å². The van der Waals surface area contributed by atoms with Crippen LogP contribution in [0.1, 0.15) is 12.0 Å². The predicted octanol–water partition coefficient (Wildman–Crippen LogP) is 3.32. The summed E-state index contributed by atoms with van der Waals surface area (Å²) >= 11 is 9.62. The second-order valence-corrected chi connectivity index (χ2v) is 5.30. The van der Waals surface area contributed by atoms with Crippen molar-refractivity contribution in [3.05, 3.63) is 33.3 Å². The molecule has 2 nitrogen and oxygen atoms in total. The van der Waals surface area contributed by atoms with E-state index in [0.29, 0.717) is 0 Å². The Morgan fingerprint density at radius 1 is 1.31 bits per heavy atom. The Bertz CT molecular complexity index is 351. The monoisotopic (exact) mass is 303 g/mol. The smallest absolute Gasteiger partial charge is 0.0593 e. The Morgan fingerprint density at radius 3 is 3.00 bits per heavy atom. The zero-order valence-electron chi connectivity index (χ0n) is 9.09. The first kappa shape index (κ1) is 12.4. The number of hydrogen-bond acceptors (Lipinski definition) is 2. The fraction of sp³-hybridized carbons (Fsp3) is 0.500. The summed E-state index contributed by atoms with van der Waals surface area (Å²) in [5.74, 6) is 0. The molecule has 0 saturated carbocycles. The Morgan fingerprint density at radius 2 is 2.19 bits per heavy atom. The van der Waals surface area contributed by atoms with E-state index in [2.05, 4.69) is 26.9 Å². The van der Waals surface area contributed by atoms with Gasteiger partial charge in [0, 0.05) is 35.7 Å². The standard InChI is InChI=1S/C12H15BrClNO/c13-11-3-2-10(12(14)8-11)9-15-4-1-6-16-7-5-15/h2-3,8H,1,4-7,9H2. The van der Waals surface area contributed by atoms with Crippen LogP contribution in [0.2, 0.25) is 5.02 Å². The summed E-state index contributed by atoms with van der Waals surface area (Å²) < 4.78 is 6.46. The van der Waals surface area contributed by atoms with Gasteiger partial charge in [-0.3, -0.25) is 4.90 Å². The molecule has 0 spiro atoms. The summed E-state index contributed by atoms with van der Waals surface area (Å²) in [6.07, 6.45) is 1.11. The fourth-order valence-electron chi connectivity index (χ4n) is 1.85. The SMILES string of the molecule is Clc1cc(Br)ccc1CN1CCCOCC1. The quantitative estimate of drug-likeness (QED) is 0.831. The summed E-state index contributed by atoms with van der Waals surface area (Å²) in [4.78, 5) is 2.39. The van der Waals surface area contributed by atoms with Crippen LogP contribution >= 0.6 is 27.5 Å². The van der Waals surface area contributed by atoms with Gasteiger partial charge in [0.2, 0.25) is 0 Å². The molecule has 0 aromatic heterocycles. The van der Waals surface area contributed by atoms with Gasteiger partial charge in [-0.25, -0.2) is 0 Å². The fourth-order valence-corrected chi connectivity index (χ4v) is 2.58. The van der Waals surface area contributed by atoms with E-state index in [-0.39, 0.29) is 0 Å². The van der Waals surface area contributed by atoms with Gasteiger partial charge in [0.1, 0.15) is 0 Å². The van der Waals surface area contributed by atoms with E-state index in [1.165, 1.54) is 5.56 Å². The van der Waals surface area contributed by atoms with Gasteiger partial charge in [-0.05, 0) is 24.1 Å². The number of nitrogens with zero attached hydrogens (tertiary/aromatic N) is 1. The van der Waals surface area contributed by atoms with Crippen molar-refractivity contribution in [2.24, 2.45) is 0 Å². The highest BCUT2D eigenvalue weighted by Gasteiger charge is 2.11. The molecule has 0 aliphatic carbocycles. The maximum Gasteiger partial charge on any atom is 0.0593 e. The van der Waals surface area contributed by atoms with E-state index in [0.717, 1.165) is 48.8 Å². The van der Waals surface area contributed by atoms with Crippen molar-refractivity contribution in [3.8, 4) is 0 Å². The zero-order chi connectivity index (χ0) is 11.4. The van der Waals surface area contributed by atoms with Gasteiger partial charge >= 0.3 is 0 Å². The minimum absolute atomic E-state index is 0.828. The van der Waals surface area contributed by atoms with Gasteiger partial charge in [0.15, 0.2) is 0 Å². The van der Waals surface area contributed by atoms with Crippen molar-refractivity contribution in [3.63, 3.8) is 0 Å². The molecule has 0 atom stereocenters. The zero-order valence-corrected chi connectivity index (χ0v) is 11.4. The molecule has 1 aromatic carbocycles. The Balaban J connectivity index is 2.01. The van der Waals surface area contributed by atoms with Crippen LogP contribution in [-0.2, 0) is 11.3 Å². The largest absolute Gasteiger partial charge is 0.380 e. The molecular formula is C12H15BrClNO. The average Bonchev–Trinajstić information content (AvgIpc) is 2.51. The molecule has 16 heavy (non-hydrogen) atoms. The molecule has 0 bridgehead atoms. The molecule has 4 heteroatoms. The van der Waals surface area contributed by atoms with Crippen molar-refractivity contribution >= 4 is 27.5 Å². The van der Waals surface area contributed by atoms with Crippen LogP contribution in [0.4, 0.5) is 0 Å². The van der Waals surface area contributed by atoms with Crippen LogP contribution in [0.15, 0.2) is 22.7 Å². The van der Waals surface area contributed by atoms with Gasteiger partial charge in [-0.1, -0.05) is 33.6 Å². The third-order valence-corrected chi connectivity index (χ3v) is 3.57. The Labute approximate surface area is 110 Å². The number of ether oxygens (including phenoxy) is 1. The molecule has 1 aliphatic rings. The van der Waals surface area contributed by atoms with Crippen molar-refractivity contribution < 1.29 is 4.74 Å². The van der Waals surface area contributed by atoms with Crippen LogP contribution < -0.4 is 0 Å². The third-order valence-electron chi connectivity index (χ3n) is 2.72. The lowest BCUT2D eigenvalue weighted by atomic mass is 10.2. The number of benzene rings is 1. The van der Waals surface area contributed by atoms with Crippen LogP contribution in [0.5, 0.6) is 0 Å². The van der Waals surface area contributed by atoms with Gasteiger partial charge in [-0.15, -0.1) is 0 Å². The van der Waals surface area contributed by atoms with Crippen LogP contribution in [0, 0.1) is 0 Å². The molecule has 1 heterocycles. The second kappa shape index (κ2) is 6.01. The van der Waals surface area contributed by atoms with Crippen molar-refractivity contribution in [1.29, 1.82) is 0 Å². The lowest BCUT2D eigenvalue weighted by Crippen LogP contribution is -2.25. The van der Waals surface area contributed by atoms with Crippen molar-refractivity contribution in [1.82, 2.24) is 4.90 Å². The molecule has 88 valence electrons. The molecule has 0 radical (unpaired) electrons. The summed E-state index contributed by atoms with van der Waals surface area (Å²) in [5.41, 5.74) is 1.19. The average molecular weight is 305 g/mol. The summed E-state index contributed by atoms with van der Waals surface area (Å²) in [7, 11) is 0. The van der Waals surface area contributed by atoms with Gasteiger partial charge in [0.05, 0.1) is 6.61 Å². The highest BCUT2D eigenvalue weighted by molar-refractivity contribution is 9.10. The Hall–Kier alpha value is -0.0900. The van der Waals surface area contributed by atoms with Crippen LogP contribution in [-0.4, -0.2) is 31.2 Å². The third kappa shape index (κ3) is 3.45. The van der Waals surface area contributed by atoms with Gasteiger partial charge in [-0.2, -0.15) is 0 Å². The maximum atomic E-state index is 6.20. The van der Waals surface area contributed by atoms with Crippen molar-refractivity contribution in [2.75, 3.05) is 26.3 Å². The number of rotatable bonds is 2. The van der Waals surface area contributed by atoms with Crippen LogP contribution in [0.25, 0.3) is 0 Å². The summed E-state index contributed by atoms with van der Waals surface area (Å²) in [5, 5.41) is 0.833. The number of hydrogen-bond donors (Lipinski definition) is 0. The minimum Gasteiger partial charge on any atom is -0.380 e. The lowest BCUT2D eigenvalue weighted by Gasteiger charge is -2.19. The molecule has 0 amide bonds. The molecule has 2 rings (SSSR count). The first-order chi connectivity index (χ1) is 7.75. The van der Waals surface area contributed by atoms with E-state index >= 15 is 0 Å². The summed E-state index contributed by atoms with van der Waals surface area (Å²) in [6.45, 7) is 4.70. The molecule has 1 saturated heterocycles. The highest BCUT2D eigenvalue weighted by atomic mass is 79.9. The first-order valence-corrected chi connectivity index (χ1v) is 6.67. The molecule has 1 aromatic rings. The van der Waals surface area contributed by atoms with E-state index in [9.17, 15) is 0 Å². The van der Waals surface area contributed by atoms with E-state index in [1.807, 2.05) is 12.1 Å². The molecule has 1 aliphatic heterocycles. The van der Waals surface area contributed by atoms with Crippen LogP contribution in [0.3, 0.4) is 0 Å². The molecule has 1 fully saturated rings. The molecule has 0 unspecified atom stereocenters. The first-order valence-electron chi connectivity index (χ1n) is 5.50. The maximum absolute atomic E-state index is 6.20. The van der Waals surface area contributed by atoms with Gasteiger partial charge in [0.25, 0.3) is 0 Å². The Kier molecular flexibility index (Phi) is 4.65. The minimum atomic E-state index is 0.828.